The van der Waals surface area contributed by atoms with E-state index in [0.29, 0.717) is 12.2 Å². The predicted octanol–water partition coefficient (Wildman–Crippen LogP) is 4.28. The Bertz CT molecular complexity index is 553. The van der Waals surface area contributed by atoms with Crippen molar-refractivity contribution in [2.45, 2.75) is 44.9 Å². The first kappa shape index (κ1) is 16.1. The van der Waals surface area contributed by atoms with E-state index in [1.54, 1.807) is 12.1 Å². The molecule has 0 radical (unpaired) electrons. The fourth-order valence-electron chi connectivity index (χ4n) is 2.50. The maximum Gasteiger partial charge on any atom is 0.335 e. The molecule has 0 saturated carbocycles. The Morgan fingerprint density at radius 1 is 1.29 bits per heavy atom. The van der Waals surface area contributed by atoms with E-state index >= 15 is 0 Å². The van der Waals surface area contributed by atoms with E-state index in [1.165, 1.54) is 12.1 Å². The molecule has 1 aromatic carbocycles. The van der Waals surface area contributed by atoms with E-state index in [4.69, 9.17) is 9.05 Å². The average molecular weight is 313 g/mol. The second kappa shape index (κ2) is 6.26. The summed E-state index contributed by atoms with van der Waals surface area (Å²) < 4.78 is 24.0. The topological polar surface area (TPSA) is 78.7 Å². The molecule has 7 heteroatoms. The molecular formula is C14H20NO5P. The molecule has 0 aliphatic carbocycles. The molecule has 1 heterocycles. The number of nitro benzene ring substituents is 1. The minimum Gasteiger partial charge on any atom is -0.308 e. The number of nitrogens with zero attached hydrogens (tertiary/aromatic N) is 1. The van der Waals surface area contributed by atoms with Gasteiger partial charge in [0.2, 0.25) is 0 Å². The molecule has 0 spiro atoms. The summed E-state index contributed by atoms with van der Waals surface area (Å²) in [5.41, 5.74) is 0.347. The van der Waals surface area contributed by atoms with Gasteiger partial charge in [-0.2, -0.15) is 0 Å². The molecule has 21 heavy (non-hydrogen) atoms. The molecule has 0 amide bonds. The van der Waals surface area contributed by atoms with Crippen LogP contribution in [0.5, 0.6) is 0 Å². The van der Waals surface area contributed by atoms with Crippen LogP contribution in [0.4, 0.5) is 5.69 Å². The predicted molar refractivity (Wildman–Crippen MR) is 79.4 cm³/mol. The SMILES string of the molecule is CCC1(CC)CCOP(=O)(Cc2ccc([N+](=O)[O-])cc2)O1. The summed E-state index contributed by atoms with van der Waals surface area (Å²) >= 11 is 0. The third-order valence-corrected chi connectivity index (χ3v) is 5.98. The zero-order chi connectivity index (χ0) is 15.5. The monoisotopic (exact) mass is 313 g/mol. The molecule has 6 nitrogen and oxygen atoms in total. The van der Waals surface area contributed by atoms with Crippen molar-refractivity contribution in [3.63, 3.8) is 0 Å². The van der Waals surface area contributed by atoms with E-state index in [2.05, 4.69) is 0 Å². The summed E-state index contributed by atoms with van der Waals surface area (Å²) in [5.74, 6) is 0. The lowest BCUT2D eigenvalue weighted by atomic mass is 9.94. The first-order chi connectivity index (χ1) is 9.92. The van der Waals surface area contributed by atoms with Gasteiger partial charge in [-0.15, -0.1) is 0 Å². The zero-order valence-corrected chi connectivity index (χ0v) is 13.2. The van der Waals surface area contributed by atoms with Crippen molar-refractivity contribution in [2.24, 2.45) is 0 Å². The van der Waals surface area contributed by atoms with Crippen LogP contribution in [0, 0.1) is 10.1 Å². The Hall–Kier alpha value is -1.23. The van der Waals surface area contributed by atoms with Crippen molar-refractivity contribution >= 4 is 13.3 Å². The largest absolute Gasteiger partial charge is 0.335 e. The molecule has 1 aliphatic heterocycles. The van der Waals surface area contributed by atoms with E-state index in [0.717, 1.165) is 19.3 Å². The van der Waals surface area contributed by atoms with Crippen LogP contribution in [0.3, 0.4) is 0 Å². The number of hydrogen-bond acceptors (Lipinski definition) is 5. The summed E-state index contributed by atoms with van der Waals surface area (Å²) in [6, 6.07) is 5.99. The molecule has 0 aromatic heterocycles. The maximum absolute atomic E-state index is 12.8. The van der Waals surface area contributed by atoms with Crippen molar-refractivity contribution in [1.29, 1.82) is 0 Å². The van der Waals surface area contributed by atoms with E-state index in [9.17, 15) is 14.7 Å². The lowest BCUT2D eigenvalue weighted by Crippen LogP contribution is -2.35. The second-order valence-electron chi connectivity index (χ2n) is 5.26. The van der Waals surface area contributed by atoms with Gasteiger partial charge in [-0.1, -0.05) is 26.0 Å². The molecular weight excluding hydrogens is 293 g/mol. The van der Waals surface area contributed by atoms with Crippen molar-refractivity contribution in [3.05, 3.63) is 39.9 Å². The highest BCUT2D eigenvalue weighted by molar-refractivity contribution is 7.53. The lowest BCUT2D eigenvalue weighted by molar-refractivity contribution is -0.384. The zero-order valence-electron chi connectivity index (χ0n) is 12.3. The minimum atomic E-state index is -3.20. The summed E-state index contributed by atoms with van der Waals surface area (Å²) in [6.45, 7) is 4.46. The highest BCUT2D eigenvalue weighted by atomic mass is 31.2. The van der Waals surface area contributed by atoms with Crippen LogP contribution in [-0.2, 0) is 19.8 Å². The van der Waals surface area contributed by atoms with Gasteiger partial charge in [0.05, 0.1) is 23.3 Å². The standard InChI is InChI=1S/C14H20NO5P/c1-3-14(4-2)9-10-19-21(18,20-14)11-12-5-7-13(8-6-12)15(16)17/h5-8H,3-4,9-11H2,1-2H3. The molecule has 1 atom stereocenters. The summed E-state index contributed by atoms with van der Waals surface area (Å²) in [6.07, 6.45) is 2.46. The van der Waals surface area contributed by atoms with Crippen LogP contribution in [-0.4, -0.2) is 17.1 Å². The van der Waals surface area contributed by atoms with E-state index in [-0.39, 0.29) is 17.5 Å². The van der Waals surface area contributed by atoms with Gasteiger partial charge < -0.3 is 9.05 Å². The Labute approximate surface area is 124 Å². The Balaban J connectivity index is 2.13. The first-order valence-electron chi connectivity index (χ1n) is 7.10. The van der Waals surface area contributed by atoms with Gasteiger partial charge >= 0.3 is 7.60 Å². The quantitative estimate of drug-likeness (QED) is 0.460. The fourth-order valence-corrected chi connectivity index (χ4v) is 4.67. The first-order valence-corrected chi connectivity index (χ1v) is 8.82. The Kier molecular flexibility index (Phi) is 4.81. The summed E-state index contributed by atoms with van der Waals surface area (Å²) in [4.78, 5) is 10.2. The third kappa shape index (κ3) is 3.70. The van der Waals surface area contributed by atoms with Crippen LogP contribution in [0.2, 0.25) is 0 Å². The molecule has 1 fully saturated rings. The van der Waals surface area contributed by atoms with Gasteiger partial charge in [0.25, 0.3) is 5.69 Å². The third-order valence-electron chi connectivity index (χ3n) is 3.99. The van der Waals surface area contributed by atoms with Crippen LogP contribution >= 0.6 is 7.60 Å². The van der Waals surface area contributed by atoms with Crippen LogP contribution in [0.1, 0.15) is 38.7 Å². The van der Waals surface area contributed by atoms with Crippen molar-refractivity contribution in [1.82, 2.24) is 0 Å². The average Bonchev–Trinajstić information content (AvgIpc) is 2.47. The van der Waals surface area contributed by atoms with Gasteiger partial charge in [-0.05, 0) is 18.4 Å². The molecule has 116 valence electrons. The summed E-state index contributed by atoms with van der Waals surface area (Å²) in [7, 11) is -3.20. The lowest BCUT2D eigenvalue weighted by Gasteiger charge is -2.39. The highest BCUT2D eigenvalue weighted by Crippen LogP contribution is 2.59. The van der Waals surface area contributed by atoms with Crippen LogP contribution < -0.4 is 0 Å². The Morgan fingerprint density at radius 3 is 2.43 bits per heavy atom. The number of rotatable bonds is 5. The Morgan fingerprint density at radius 2 is 1.90 bits per heavy atom. The molecule has 0 N–H and O–H groups in total. The number of benzene rings is 1. The molecule has 1 aromatic rings. The van der Waals surface area contributed by atoms with Gasteiger partial charge in [0.15, 0.2) is 0 Å². The molecule has 0 bridgehead atoms. The van der Waals surface area contributed by atoms with Gasteiger partial charge in [-0.25, -0.2) is 0 Å². The minimum absolute atomic E-state index is 0.0129. The molecule has 1 aliphatic rings. The van der Waals surface area contributed by atoms with Gasteiger partial charge in [0, 0.05) is 18.6 Å². The van der Waals surface area contributed by atoms with Crippen LogP contribution in [0.25, 0.3) is 0 Å². The van der Waals surface area contributed by atoms with Crippen LogP contribution in [0.15, 0.2) is 24.3 Å². The molecule has 1 unspecified atom stereocenters. The molecule has 2 rings (SSSR count). The number of nitro groups is 1. The van der Waals surface area contributed by atoms with Gasteiger partial charge in [0.1, 0.15) is 0 Å². The fraction of sp³-hybridized carbons (Fsp3) is 0.571. The second-order valence-corrected chi connectivity index (χ2v) is 7.24. The van der Waals surface area contributed by atoms with E-state index in [1.807, 2.05) is 13.8 Å². The van der Waals surface area contributed by atoms with Crippen molar-refractivity contribution in [3.8, 4) is 0 Å². The normalized spacial score (nSPS) is 24.7. The van der Waals surface area contributed by atoms with Crippen molar-refractivity contribution in [2.75, 3.05) is 6.61 Å². The highest BCUT2D eigenvalue weighted by Gasteiger charge is 2.41. The smallest absolute Gasteiger partial charge is 0.308 e. The number of hydrogen-bond donors (Lipinski definition) is 0. The maximum atomic E-state index is 12.8. The molecule has 1 saturated heterocycles. The van der Waals surface area contributed by atoms with Gasteiger partial charge in [-0.3, -0.25) is 14.7 Å². The number of non-ortho nitro benzene ring substituents is 1. The van der Waals surface area contributed by atoms with E-state index < -0.39 is 12.5 Å². The summed E-state index contributed by atoms with van der Waals surface area (Å²) in [5, 5.41) is 10.6. The van der Waals surface area contributed by atoms with Crippen molar-refractivity contribution < 1.29 is 18.5 Å².